The molecule has 9 aromatic rings. The summed E-state index contributed by atoms with van der Waals surface area (Å²) >= 11 is 1.68. The minimum atomic E-state index is 0. The van der Waals surface area contributed by atoms with Gasteiger partial charge >= 0.3 is 0 Å². The van der Waals surface area contributed by atoms with E-state index in [1.165, 1.54) is 54.6 Å². The zero-order valence-corrected chi connectivity index (χ0v) is 38.0. The van der Waals surface area contributed by atoms with Gasteiger partial charge < -0.3 is 9.55 Å². The number of aryl methyl sites for hydroxylation is 2. The Kier molecular flexibility index (Phi) is 12.6. The molecule has 0 fully saturated rings. The van der Waals surface area contributed by atoms with Gasteiger partial charge in [-0.3, -0.25) is 16.3 Å². The number of rotatable bonds is 7. The molecule has 0 aliphatic rings. The average Bonchev–Trinajstić information content (AvgIpc) is 3.83. The van der Waals surface area contributed by atoms with Crippen LogP contribution in [0.15, 0.2) is 152 Å². The van der Waals surface area contributed by atoms with Crippen molar-refractivity contribution in [2.75, 3.05) is 0 Å². The maximum atomic E-state index is 5.25. The number of hydrogen-bond acceptors (Lipinski definition) is 3. The number of fused-ring (bicyclic) bond motifs is 2. The number of thiophene rings is 1. The zero-order chi connectivity index (χ0) is 40.4. The van der Waals surface area contributed by atoms with Crippen molar-refractivity contribution in [2.45, 2.75) is 60.3 Å². The second-order valence-electron chi connectivity index (χ2n) is 16.6. The Morgan fingerprint density at radius 2 is 1.37 bits per heavy atom. The van der Waals surface area contributed by atoms with Crippen LogP contribution in [0, 0.1) is 31.2 Å². The number of pyridine rings is 1. The molecule has 0 spiro atoms. The fourth-order valence-corrected chi connectivity index (χ4v) is 8.88. The minimum Gasteiger partial charge on any atom is -0.332 e. The summed E-state index contributed by atoms with van der Waals surface area (Å²) in [5.41, 5.74) is 16.5. The van der Waals surface area contributed by atoms with E-state index in [2.05, 4.69) is 197 Å². The van der Waals surface area contributed by atoms with E-state index in [0.29, 0.717) is 5.92 Å². The molecule has 0 N–H and O–H groups in total. The van der Waals surface area contributed by atoms with Gasteiger partial charge in [0.15, 0.2) is 0 Å². The first-order valence-electron chi connectivity index (χ1n) is 20.2. The van der Waals surface area contributed by atoms with Crippen LogP contribution in [0.1, 0.15) is 56.9 Å². The largest absolute Gasteiger partial charge is 0.332 e. The maximum Gasteiger partial charge on any atom is 0.0774 e. The fraction of sp³-hybridized carbons (Fsp3) is 0.185. The predicted molar refractivity (Wildman–Crippen MR) is 247 cm³/mol. The third-order valence-electron chi connectivity index (χ3n) is 10.6. The molecule has 59 heavy (non-hydrogen) atoms. The van der Waals surface area contributed by atoms with E-state index in [1.54, 1.807) is 11.3 Å². The van der Waals surface area contributed by atoms with Crippen LogP contribution in [-0.2, 0) is 31.9 Å². The average molecular weight is 964 g/mol. The van der Waals surface area contributed by atoms with Crippen LogP contribution in [0.3, 0.4) is 0 Å². The Morgan fingerprint density at radius 1 is 0.729 bits per heavy atom. The molecule has 0 saturated carbocycles. The van der Waals surface area contributed by atoms with Gasteiger partial charge in [0.25, 0.3) is 0 Å². The van der Waals surface area contributed by atoms with Gasteiger partial charge in [0.05, 0.1) is 22.5 Å². The number of hydrogen-bond donors (Lipinski definition) is 0. The second kappa shape index (κ2) is 17.8. The van der Waals surface area contributed by atoms with E-state index in [9.17, 15) is 0 Å². The molecule has 1 radical (unpaired) electrons. The second-order valence-corrected chi connectivity index (χ2v) is 17.4. The summed E-state index contributed by atoms with van der Waals surface area (Å²) in [6.45, 7) is 15.6. The first-order valence-corrected chi connectivity index (χ1v) is 21.0. The molecule has 3 aromatic heterocycles. The van der Waals surface area contributed by atoms with Crippen LogP contribution in [0.2, 0.25) is 0 Å². The normalized spacial score (nSPS) is 11.4. The van der Waals surface area contributed by atoms with Crippen LogP contribution in [0.4, 0.5) is 0 Å². The summed E-state index contributed by atoms with van der Waals surface area (Å²) in [5.74, 6) is 1.56. The Hall–Kier alpha value is -5.45. The van der Waals surface area contributed by atoms with Gasteiger partial charge in [-0.15, -0.1) is 47.3 Å². The Bertz CT molecular complexity index is 2770. The molecular weight excluding hydrogens is 915 g/mol. The van der Waals surface area contributed by atoms with Crippen molar-refractivity contribution in [1.82, 2.24) is 14.5 Å². The van der Waals surface area contributed by atoms with Crippen molar-refractivity contribution < 1.29 is 20.1 Å². The summed E-state index contributed by atoms with van der Waals surface area (Å²) in [6, 6.07) is 54.4. The molecule has 0 saturated heterocycles. The van der Waals surface area contributed by atoms with Crippen LogP contribution < -0.4 is 0 Å². The van der Waals surface area contributed by atoms with Gasteiger partial charge in [0, 0.05) is 37.4 Å². The van der Waals surface area contributed by atoms with Gasteiger partial charge in [-0.1, -0.05) is 165 Å². The molecule has 0 unspecified atom stereocenters. The summed E-state index contributed by atoms with van der Waals surface area (Å²) in [7, 11) is 0. The third kappa shape index (κ3) is 8.80. The summed E-state index contributed by atoms with van der Waals surface area (Å²) < 4.78 is 3.62. The molecule has 0 aliphatic heterocycles. The summed E-state index contributed by atoms with van der Waals surface area (Å²) in [6.07, 6.45) is 3.14. The maximum absolute atomic E-state index is 5.25. The minimum absolute atomic E-state index is 0. The first kappa shape index (κ1) is 41.7. The van der Waals surface area contributed by atoms with E-state index >= 15 is 0 Å². The van der Waals surface area contributed by atoms with Crippen molar-refractivity contribution in [2.24, 2.45) is 5.92 Å². The Labute approximate surface area is 367 Å². The van der Waals surface area contributed by atoms with Crippen molar-refractivity contribution in [3.8, 4) is 50.6 Å². The zero-order valence-electron chi connectivity index (χ0n) is 34.8. The molecule has 297 valence electrons. The number of nitrogens with zero attached hydrogens (tertiary/aromatic N) is 3. The van der Waals surface area contributed by atoms with E-state index in [-0.39, 0.29) is 25.5 Å². The first-order chi connectivity index (χ1) is 28.1. The number of para-hydroxylation sites is 3. The van der Waals surface area contributed by atoms with Gasteiger partial charge in [0.1, 0.15) is 0 Å². The molecule has 3 nitrogen and oxygen atoms in total. The summed E-state index contributed by atoms with van der Waals surface area (Å²) in [5, 5.41) is 4.86. The molecule has 9 rings (SSSR count). The van der Waals surface area contributed by atoms with Crippen molar-refractivity contribution in [1.29, 1.82) is 0 Å². The molecule has 0 aliphatic carbocycles. The molecule has 0 amide bonds. The van der Waals surface area contributed by atoms with E-state index in [4.69, 9.17) is 4.98 Å². The van der Waals surface area contributed by atoms with E-state index in [1.807, 2.05) is 24.4 Å². The van der Waals surface area contributed by atoms with Gasteiger partial charge in [0.2, 0.25) is 0 Å². The molecule has 3 heterocycles. The smallest absolute Gasteiger partial charge is 0.0774 e. The molecule has 5 heteroatoms. The van der Waals surface area contributed by atoms with Crippen LogP contribution in [0.25, 0.3) is 71.7 Å². The SMILES string of the molecule is CC(C)Cc1cc(-c2[c-]cccc2)ncc1C(C)(C)C.Cc1cc(C)c2s[c-]c(-c3nc4ccccc4n3-c3c(-c4ccccc4)cccc3-c3ccccc3)c2c1.[Ir]. The topological polar surface area (TPSA) is 30.7 Å². The van der Waals surface area contributed by atoms with Crippen molar-refractivity contribution >= 4 is 32.5 Å². The van der Waals surface area contributed by atoms with Gasteiger partial charge in [-0.25, -0.2) is 0 Å². The number of aromatic nitrogens is 3. The Morgan fingerprint density at radius 3 is 2.00 bits per heavy atom. The van der Waals surface area contributed by atoms with Crippen LogP contribution >= 0.6 is 11.3 Å². The molecule has 0 bridgehead atoms. The van der Waals surface area contributed by atoms with Crippen molar-refractivity contribution in [3.05, 3.63) is 185 Å². The van der Waals surface area contributed by atoms with Crippen LogP contribution in [-0.4, -0.2) is 14.5 Å². The quantitative estimate of drug-likeness (QED) is 0.149. The van der Waals surface area contributed by atoms with Crippen LogP contribution in [0.5, 0.6) is 0 Å². The van der Waals surface area contributed by atoms with Crippen molar-refractivity contribution in [3.63, 3.8) is 0 Å². The predicted octanol–water partition coefficient (Wildman–Crippen LogP) is 14.7. The Balaban J connectivity index is 0.000000214. The molecular formula is C54H49IrN3S-2. The van der Waals surface area contributed by atoms with E-state index < -0.39 is 0 Å². The molecule has 6 aromatic carbocycles. The standard InChI is InChI=1S/C35H25N2S.C19H24N.Ir/c1-23-20-24(2)34-29(21-23)30(22-38-34)35-36-31-18-9-10-19-32(31)37(35)33-27(25-12-5-3-6-13-25)16-11-17-28(33)26-14-7-4-8-15-26;1-14(2)11-16-12-18(15-9-7-6-8-10-15)20-13-17(16)19(3,4)5;/h3-21H,1-2H3;6-9,12-14H,11H2,1-5H3;/q2*-1;. The number of benzene rings is 6. The van der Waals surface area contributed by atoms with E-state index in [0.717, 1.165) is 45.8 Å². The monoisotopic (exact) mass is 964 g/mol. The van der Waals surface area contributed by atoms with Gasteiger partial charge in [-0.05, 0) is 71.7 Å². The fourth-order valence-electron chi connectivity index (χ4n) is 7.99. The third-order valence-corrected chi connectivity index (χ3v) is 11.6. The number of imidazole rings is 1. The summed E-state index contributed by atoms with van der Waals surface area (Å²) in [4.78, 5) is 9.90. The van der Waals surface area contributed by atoms with Gasteiger partial charge in [-0.2, -0.15) is 0 Å². The molecule has 0 atom stereocenters.